The summed E-state index contributed by atoms with van der Waals surface area (Å²) >= 11 is 0. The Kier molecular flexibility index (Phi) is 35.6. The van der Waals surface area contributed by atoms with Gasteiger partial charge in [-0.05, 0) is 38.5 Å². The molecular formula is C45H86O12S. The van der Waals surface area contributed by atoms with Crippen molar-refractivity contribution in [2.45, 2.75) is 243 Å². The van der Waals surface area contributed by atoms with Gasteiger partial charge in [0.05, 0.1) is 19.8 Å². The van der Waals surface area contributed by atoms with Crippen molar-refractivity contribution in [3.8, 4) is 0 Å². The Morgan fingerprint density at radius 3 is 1.55 bits per heavy atom. The first-order valence-electron chi connectivity index (χ1n) is 23.4. The molecule has 4 N–H and O–H groups in total. The zero-order chi connectivity index (χ0) is 42.5. The molecular weight excluding hydrogens is 765 g/mol. The van der Waals surface area contributed by atoms with Crippen molar-refractivity contribution in [2.75, 3.05) is 26.4 Å². The summed E-state index contributed by atoms with van der Waals surface area (Å²) in [6, 6.07) is 0. The fraction of sp³-hybridized carbons (Fsp3) is 0.933. The van der Waals surface area contributed by atoms with Crippen molar-refractivity contribution in [1.82, 2.24) is 0 Å². The zero-order valence-corrected chi connectivity index (χ0v) is 37.4. The van der Waals surface area contributed by atoms with E-state index in [1.165, 1.54) is 135 Å². The summed E-state index contributed by atoms with van der Waals surface area (Å²) < 4.78 is 59.1. The van der Waals surface area contributed by atoms with E-state index in [0.29, 0.717) is 13.0 Å². The highest BCUT2D eigenvalue weighted by Crippen LogP contribution is 2.26. The summed E-state index contributed by atoms with van der Waals surface area (Å²) in [6.07, 6.45) is 31.0. The number of rotatable bonds is 41. The molecule has 6 unspecified atom stereocenters. The number of ether oxygens (including phenoxy) is 4. The molecule has 0 aromatic carbocycles. The Bertz CT molecular complexity index is 1070. The molecule has 12 nitrogen and oxygen atoms in total. The van der Waals surface area contributed by atoms with Gasteiger partial charge in [0.15, 0.2) is 6.29 Å². The van der Waals surface area contributed by atoms with E-state index in [9.17, 15) is 28.5 Å². The average molecular weight is 851 g/mol. The molecule has 1 aliphatic heterocycles. The van der Waals surface area contributed by atoms with Gasteiger partial charge in [-0.2, -0.15) is 8.42 Å². The molecule has 58 heavy (non-hydrogen) atoms. The molecule has 6 atom stereocenters. The third-order valence-corrected chi connectivity index (χ3v) is 11.4. The van der Waals surface area contributed by atoms with Crippen molar-refractivity contribution in [3.63, 3.8) is 0 Å². The van der Waals surface area contributed by atoms with Crippen LogP contribution in [0.15, 0.2) is 12.2 Å². The van der Waals surface area contributed by atoms with Crippen LogP contribution in [-0.2, 0) is 38.3 Å². The molecule has 0 saturated carbocycles. The van der Waals surface area contributed by atoms with Crippen LogP contribution in [0, 0.1) is 0 Å². The van der Waals surface area contributed by atoms with E-state index in [4.69, 9.17) is 23.5 Å². The van der Waals surface area contributed by atoms with Crippen molar-refractivity contribution in [3.05, 3.63) is 12.2 Å². The van der Waals surface area contributed by atoms with Crippen molar-refractivity contribution >= 4 is 16.4 Å². The van der Waals surface area contributed by atoms with E-state index in [1.807, 2.05) is 0 Å². The van der Waals surface area contributed by atoms with Crippen LogP contribution in [0.4, 0.5) is 0 Å². The highest BCUT2D eigenvalue weighted by molar-refractivity contribution is 7.80. The molecule has 1 fully saturated rings. The largest absolute Gasteiger partial charge is 0.457 e. The fourth-order valence-corrected chi connectivity index (χ4v) is 7.82. The van der Waals surface area contributed by atoms with E-state index >= 15 is 0 Å². The molecule has 1 heterocycles. The second-order valence-electron chi connectivity index (χ2n) is 16.4. The van der Waals surface area contributed by atoms with Gasteiger partial charge in [0.1, 0.15) is 30.5 Å². The number of carbonyl (C=O) groups excluding carboxylic acids is 1. The first kappa shape index (κ1) is 54.9. The van der Waals surface area contributed by atoms with Crippen LogP contribution in [0.5, 0.6) is 0 Å². The summed E-state index contributed by atoms with van der Waals surface area (Å²) in [5.41, 5.74) is 0. The lowest BCUT2D eigenvalue weighted by molar-refractivity contribution is -0.301. The van der Waals surface area contributed by atoms with E-state index in [2.05, 4.69) is 30.2 Å². The quantitative estimate of drug-likeness (QED) is 0.0198. The van der Waals surface area contributed by atoms with Gasteiger partial charge in [0, 0.05) is 13.0 Å². The highest BCUT2D eigenvalue weighted by Gasteiger charge is 2.48. The van der Waals surface area contributed by atoms with Crippen LogP contribution in [0.3, 0.4) is 0 Å². The van der Waals surface area contributed by atoms with Crippen molar-refractivity contribution in [2.24, 2.45) is 0 Å². The van der Waals surface area contributed by atoms with E-state index in [0.717, 1.165) is 44.9 Å². The summed E-state index contributed by atoms with van der Waals surface area (Å²) in [4.78, 5) is 12.9. The lowest BCUT2D eigenvalue weighted by Gasteiger charge is -2.41. The molecule has 13 heteroatoms. The number of carbonyl (C=O) groups is 1. The first-order chi connectivity index (χ1) is 28.1. The fourth-order valence-electron chi connectivity index (χ4n) is 7.32. The third-order valence-electron chi connectivity index (χ3n) is 10.9. The lowest BCUT2D eigenvalue weighted by atomic mass is 9.99. The number of esters is 1. The molecule has 1 saturated heterocycles. The van der Waals surface area contributed by atoms with Gasteiger partial charge in [-0.25, -0.2) is 4.18 Å². The lowest BCUT2D eigenvalue weighted by Crippen LogP contribution is -2.60. The summed E-state index contributed by atoms with van der Waals surface area (Å²) in [5.74, 6) is -0.400. The van der Waals surface area contributed by atoms with Crippen LogP contribution in [0.1, 0.15) is 206 Å². The molecule has 0 spiro atoms. The topological polar surface area (TPSA) is 178 Å². The Balaban J connectivity index is 2.41. The van der Waals surface area contributed by atoms with E-state index < -0.39 is 59.8 Å². The molecule has 0 aromatic heterocycles. The second kappa shape index (κ2) is 37.6. The van der Waals surface area contributed by atoms with Gasteiger partial charge in [0.2, 0.25) is 0 Å². The predicted octanol–water partition coefficient (Wildman–Crippen LogP) is 9.86. The SMILES string of the molecule is CCCCCCCC/C=C\CCCCCCCCCC(=O)OC(COCCCCCCCCCCCCCCCC)COC1OC(CO)C(O)C(OS(=O)(=O)O)C1O. The minimum absolute atomic E-state index is 0.0399. The van der Waals surface area contributed by atoms with Gasteiger partial charge in [-0.15, -0.1) is 0 Å². The molecule has 1 aliphatic rings. The molecule has 1 rings (SSSR count). The maximum absolute atomic E-state index is 12.9. The Morgan fingerprint density at radius 1 is 0.638 bits per heavy atom. The minimum Gasteiger partial charge on any atom is -0.457 e. The van der Waals surface area contributed by atoms with E-state index in [1.54, 1.807) is 0 Å². The van der Waals surface area contributed by atoms with Crippen molar-refractivity contribution in [1.29, 1.82) is 0 Å². The number of hydrogen-bond acceptors (Lipinski definition) is 11. The van der Waals surface area contributed by atoms with Crippen LogP contribution < -0.4 is 0 Å². The number of aliphatic hydroxyl groups excluding tert-OH is 3. The molecule has 0 radical (unpaired) electrons. The maximum atomic E-state index is 12.9. The average Bonchev–Trinajstić information content (AvgIpc) is 3.19. The molecule has 0 bridgehead atoms. The smallest absolute Gasteiger partial charge is 0.397 e. The number of hydrogen-bond donors (Lipinski definition) is 4. The molecule has 0 aliphatic carbocycles. The third kappa shape index (κ3) is 30.8. The van der Waals surface area contributed by atoms with Gasteiger partial charge in [-0.1, -0.05) is 174 Å². The van der Waals surface area contributed by atoms with Crippen LogP contribution >= 0.6 is 0 Å². The van der Waals surface area contributed by atoms with Crippen LogP contribution in [-0.4, -0.2) is 97.5 Å². The molecule has 344 valence electrons. The summed E-state index contributed by atoms with van der Waals surface area (Å²) in [7, 11) is -5.06. The number of unbranched alkanes of at least 4 members (excludes halogenated alkanes) is 26. The summed E-state index contributed by atoms with van der Waals surface area (Å²) in [5, 5.41) is 30.7. The highest BCUT2D eigenvalue weighted by atomic mass is 32.3. The minimum atomic E-state index is -5.06. The predicted molar refractivity (Wildman–Crippen MR) is 230 cm³/mol. The standard InChI is InChI=1S/C45H86O12S/c1-3-5-7-9-11-13-15-17-19-20-21-22-24-26-28-30-32-34-41(47)55-39(37-53-35-33-31-29-27-25-23-18-16-14-12-10-8-6-4-2)38-54-45-43(49)44(57-58(50,51)52)42(48)40(36-46)56-45/h17,19,39-40,42-46,48-49H,3-16,18,20-38H2,1-2H3,(H,50,51,52)/b19-17-. The zero-order valence-electron chi connectivity index (χ0n) is 36.6. The van der Waals surface area contributed by atoms with Gasteiger partial charge in [0.25, 0.3) is 0 Å². The normalized spacial score (nSPS) is 20.6. The van der Waals surface area contributed by atoms with Gasteiger partial charge < -0.3 is 34.3 Å². The van der Waals surface area contributed by atoms with Crippen LogP contribution in [0.2, 0.25) is 0 Å². The number of aliphatic hydroxyl groups is 3. The monoisotopic (exact) mass is 851 g/mol. The van der Waals surface area contributed by atoms with Crippen molar-refractivity contribution < 1.29 is 56.2 Å². The Hall–Kier alpha value is -1.16. The number of allylic oxidation sites excluding steroid dienone is 2. The Labute approximate surface area is 353 Å². The molecule has 0 amide bonds. The summed E-state index contributed by atoms with van der Waals surface area (Å²) in [6.45, 7) is 4.01. The molecule has 0 aromatic rings. The maximum Gasteiger partial charge on any atom is 0.397 e. The Morgan fingerprint density at radius 2 is 1.09 bits per heavy atom. The second-order valence-corrected chi connectivity index (χ2v) is 17.4. The van der Waals surface area contributed by atoms with Gasteiger partial charge >= 0.3 is 16.4 Å². The van der Waals surface area contributed by atoms with Crippen LogP contribution in [0.25, 0.3) is 0 Å². The van der Waals surface area contributed by atoms with Gasteiger partial charge in [-0.3, -0.25) is 9.35 Å². The van der Waals surface area contributed by atoms with E-state index in [-0.39, 0.29) is 19.6 Å². The first-order valence-corrected chi connectivity index (χ1v) is 24.8.